The molecule has 4 heteroatoms. The van der Waals surface area contributed by atoms with Gasteiger partial charge in [-0.05, 0) is 57.3 Å². The Morgan fingerprint density at radius 2 is 2.15 bits per heavy atom. The van der Waals surface area contributed by atoms with E-state index < -0.39 is 11.6 Å². The van der Waals surface area contributed by atoms with Gasteiger partial charge in [0.2, 0.25) is 0 Å². The van der Waals surface area contributed by atoms with E-state index in [1.165, 1.54) is 12.1 Å². The predicted molar refractivity (Wildman–Crippen MR) is 79.0 cm³/mol. The maximum absolute atomic E-state index is 14.0. The van der Waals surface area contributed by atoms with Crippen molar-refractivity contribution in [2.45, 2.75) is 39.7 Å². The highest BCUT2D eigenvalue weighted by Gasteiger charge is 2.25. The average molecular weight is 282 g/mol. The number of anilines is 1. The van der Waals surface area contributed by atoms with Crippen molar-refractivity contribution in [1.82, 2.24) is 4.90 Å². The van der Waals surface area contributed by atoms with Gasteiger partial charge in [-0.15, -0.1) is 0 Å². The molecule has 0 spiro atoms. The van der Waals surface area contributed by atoms with Gasteiger partial charge in [-0.2, -0.15) is 0 Å². The van der Waals surface area contributed by atoms with Crippen molar-refractivity contribution in [3.63, 3.8) is 0 Å². The van der Waals surface area contributed by atoms with Gasteiger partial charge in [-0.3, -0.25) is 0 Å². The first-order valence-electron chi connectivity index (χ1n) is 7.46. The van der Waals surface area contributed by atoms with Crippen LogP contribution in [-0.2, 0) is 0 Å². The molecule has 1 aromatic carbocycles. The van der Waals surface area contributed by atoms with E-state index in [0.717, 1.165) is 32.5 Å². The van der Waals surface area contributed by atoms with Gasteiger partial charge in [-0.1, -0.05) is 13.0 Å². The summed E-state index contributed by atoms with van der Waals surface area (Å²) in [5.74, 6) is -0.550. The van der Waals surface area contributed by atoms with Crippen molar-refractivity contribution in [2.75, 3.05) is 25.0 Å². The molecule has 1 aliphatic heterocycles. The van der Waals surface area contributed by atoms with Crippen molar-refractivity contribution in [3.05, 3.63) is 29.3 Å². The maximum Gasteiger partial charge on any atom is 0.152 e. The van der Waals surface area contributed by atoms with Crippen LogP contribution in [-0.4, -0.2) is 30.6 Å². The standard InChI is InChI=1S/C16H24F2N2/c1-4-20-9-5-6-13(10-20)12(3)19-16-14(17)8-7-11(2)15(16)18/h7-8,12-13,19H,4-6,9-10H2,1-3H3. The summed E-state index contributed by atoms with van der Waals surface area (Å²) in [4.78, 5) is 2.40. The molecule has 1 fully saturated rings. The summed E-state index contributed by atoms with van der Waals surface area (Å²) in [6, 6.07) is 2.86. The lowest BCUT2D eigenvalue weighted by Gasteiger charge is -2.35. The van der Waals surface area contributed by atoms with Crippen LogP contribution in [0.5, 0.6) is 0 Å². The monoisotopic (exact) mass is 282 g/mol. The molecular formula is C16H24F2N2. The van der Waals surface area contributed by atoms with E-state index >= 15 is 0 Å². The number of hydrogen-bond acceptors (Lipinski definition) is 2. The van der Waals surface area contributed by atoms with E-state index in [1.54, 1.807) is 6.92 Å². The van der Waals surface area contributed by atoms with E-state index in [4.69, 9.17) is 0 Å². The molecule has 0 amide bonds. The Kier molecular flexibility index (Phi) is 4.97. The molecule has 2 unspecified atom stereocenters. The van der Waals surface area contributed by atoms with E-state index in [0.29, 0.717) is 11.5 Å². The first kappa shape index (κ1) is 15.2. The Morgan fingerprint density at radius 3 is 2.85 bits per heavy atom. The molecule has 1 heterocycles. The highest BCUT2D eigenvalue weighted by molar-refractivity contribution is 5.49. The third-order valence-corrected chi connectivity index (χ3v) is 4.35. The van der Waals surface area contributed by atoms with Gasteiger partial charge in [0.25, 0.3) is 0 Å². The van der Waals surface area contributed by atoms with Gasteiger partial charge in [-0.25, -0.2) is 8.78 Å². The van der Waals surface area contributed by atoms with Crippen LogP contribution in [0, 0.1) is 24.5 Å². The van der Waals surface area contributed by atoms with E-state index in [2.05, 4.69) is 17.1 Å². The quantitative estimate of drug-likeness (QED) is 0.903. The molecule has 112 valence electrons. The number of nitrogens with one attached hydrogen (secondary N) is 1. The van der Waals surface area contributed by atoms with E-state index in [9.17, 15) is 8.78 Å². The molecule has 0 aliphatic carbocycles. The summed E-state index contributed by atoms with van der Waals surface area (Å²) in [7, 11) is 0. The molecule has 2 rings (SSSR count). The number of hydrogen-bond donors (Lipinski definition) is 1. The number of halogens is 2. The minimum absolute atomic E-state index is 0.0196. The van der Waals surface area contributed by atoms with Crippen molar-refractivity contribution in [3.8, 4) is 0 Å². The normalized spacial score (nSPS) is 21.8. The molecule has 1 aliphatic rings. The Hall–Kier alpha value is -1.16. The Bertz CT molecular complexity index is 462. The lowest BCUT2D eigenvalue weighted by atomic mass is 9.91. The first-order valence-corrected chi connectivity index (χ1v) is 7.46. The molecule has 0 bridgehead atoms. The van der Waals surface area contributed by atoms with Gasteiger partial charge >= 0.3 is 0 Å². The molecular weight excluding hydrogens is 258 g/mol. The molecule has 1 saturated heterocycles. The number of nitrogens with zero attached hydrogens (tertiary/aromatic N) is 1. The molecule has 20 heavy (non-hydrogen) atoms. The molecule has 2 nitrogen and oxygen atoms in total. The van der Waals surface area contributed by atoms with Crippen molar-refractivity contribution in [1.29, 1.82) is 0 Å². The third kappa shape index (κ3) is 3.29. The average Bonchev–Trinajstić information content (AvgIpc) is 2.47. The molecule has 1 aromatic rings. The van der Waals surface area contributed by atoms with Crippen molar-refractivity contribution in [2.24, 2.45) is 5.92 Å². The smallest absolute Gasteiger partial charge is 0.152 e. The van der Waals surface area contributed by atoms with Crippen LogP contribution in [0.2, 0.25) is 0 Å². The minimum Gasteiger partial charge on any atom is -0.378 e. The molecule has 1 N–H and O–H groups in total. The summed E-state index contributed by atoms with van der Waals surface area (Å²) in [6.45, 7) is 9.00. The van der Waals surface area contributed by atoms with Crippen LogP contribution < -0.4 is 5.32 Å². The van der Waals surface area contributed by atoms with E-state index in [1.807, 2.05) is 6.92 Å². The zero-order chi connectivity index (χ0) is 14.7. The topological polar surface area (TPSA) is 15.3 Å². The number of rotatable bonds is 4. The fourth-order valence-electron chi connectivity index (χ4n) is 2.92. The summed E-state index contributed by atoms with van der Waals surface area (Å²) >= 11 is 0. The summed E-state index contributed by atoms with van der Waals surface area (Å²) in [6.07, 6.45) is 2.27. The second-order valence-electron chi connectivity index (χ2n) is 5.78. The zero-order valence-electron chi connectivity index (χ0n) is 12.5. The zero-order valence-corrected chi connectivity index (χ0v) is 12.5. The lowest BCUT2D eigenvalue weighted by molar-refractivity contribution is 0.172. The first-order chi connectivity index (χ1) is 9.52. The molecule has 2 atom stereocenters. The third-order valence-electron chi connectivity index (χ3n) is 4.35. The Labute approximate surface area is 120 Å². The molecule has 0 radical (unpaired) electrons. The van der Waals surface area contributed by atoms with Crippen LogP contribution >= 0.6 is 0 Å². The maximum atomic E-state index is 14.0. The van der Waals surface area contributed by atoms with Crippen LogP contribution in [0.4, 0.5) is 14.5 Å². The highest BCUT2D eigenvalue weighted by Crippen LogP contribution is 2.26. The summed E-state index contributed by atoms with van der Waals surface area (Å²) in [5, 5.41) is 3.06. The molecule has 0 saturated carbocycles. The van der Waals surface area contributed by atoms with Crippen LogP contribution in [0.15, 0.2) is 12.1 Å². The van der Waals surface area contributed by atoms with Crippen LogP contribution in [0.25, 0.3) is 0 Å². The number of aryl methyl sites for hydroxylation is 1. The van der Waals surface area contributed by atoms with Gasteiger partial charge in [0.15, 0.2) is 5.82 Å². The summed E-state index contributed by atoms with van der Waals surface area (Å²) in [5.41, 5.74) is 0.492. The second kappa shape index (κ2) is 6.53. The lowest BCUT2D eigenvalue weighted by Crippen LogP contribution is -2.41. The number of benzene rings is 1. The van der Waals surface area contributed by atoms with E-state index in [-0.39, 0.29) is 11.7 Å². The van der Waals surface area contributed by atoms with Crippen LogP contribution in [0.3, 0.4) is 0 Å². The summed E-state index contributed by atoms with van der Waals surface area (Å²) < 4.78 is 27.8. The highest BCUT2D eigenvalue weighted by atomic mass is 19.1. The number of piperidine rings is 1. The van der Waals surface area contributed by atoms with Crippen molar-refractivity contribution < 1.29 is 8.78 Å². The number of likely N-dealkylation sites (tertiary alicyclic amines) is 1. The molecule has 0 aromatic heterocycles. The largest absolute Gasteiger partial charge is 0.378 e. The van der Waals surface area contributed by atoms with Gasteiger partial charge in [0, 0.05) is 12.6 Å². The Morgan fingerprint density at radius 1 is 1.40 bits per heavy atom. The SMILES string of the molecule is CCN1CCCC(C(C)Nc2c(F)ccc(C)c2F)C1. The minimum atomic E-state index is -0.511. The fourth-order valence-corrected chi connectivity index (χ4v) is 2.92. The van der Waals surface area contributed by atoms with Gasteiger partial charge in [0.05, 0.1) is 0 Å². The van der Waals surface area contributed by atoms with Crippen molar-refractivity contribution >= 4 is 5.69 Å². The van der Waals surface area contributed by atoms with Crippen LogP contribution in [0.1, 0.15) is 32.3 Å². The predicted octanol–water partition coefficient (Wildman–Crippen LogP) is 3.81. The van der Waals surface area contributed by atoms with Gasteiger partial charge in [0.1, 0.15) is 11.5 Å². The second-order valence-corrected chi connectivity index (χ2v) is 5.78. The Balaban J connectivity index is 2.08. The fraction of sp³-hybridized carbons (Fsp3) is 0.625. The van der Waals surface area contributed by atoms with Gasteiger partial charge < -0.3 is 10.2 Å².